The summed E-state index contributed by atoms with van der Waals surface area (Å²) in [7, 11) is 1.44. The third kappa shape index (κ3) is 3.99. The molecule has 2 heterocycles. The van der Waals surface area contributed by atoms with Gasteiger partial charge in [-0.3, -0.25) is 19.5 Å². The molecule has 3 aromatic rings. The van der Waals surface area contributed by atoms with E-state index < -0.39 is 0 Å². The summed E-state index contributed by atoms with van der Waals surface area (Å²) in [6.45, 7) is 0.243. The number of phenolic OH excluding ortho intramolecular Hbond substituents is 1. The van der Waals surface area contributed by atoms with Crippen LogP contribution in [0.2, 0.25) is 0 Å². The Kier molecular flexibility index (Phi) is 5.29. The average Bonchev–Trinajstić information content (AvgIpc) is 2.95. The zero-order valence-electron chi connectivity index (χ0n) is 15.3. The number of ether oxygens (including phenoxy) is 1. The summed E-state index contributed by atoms with van der Waals surface area (Å²) in [6, 6.07) is 12.8. The topological polar surface area (TPSA) is 79.7 Å². The Labute approximate surface area is 179 Å². The molecule has 0 atom stereocenters. The Morgan fingerprint density at radius 1 is 1.24 bits per heavy atom. The van der Waals surface area contributed by atoms with E-state index in [1.165, 1.54) is 13.1 Å². The van der Waals surface area contributed by atoms with Gasteiger partial charge in [-0.05, 0) is 53.2 Å². The zero-order valence-corrected chi connectivity index (χ0v) is 17.7. The molecule has 2 amide bonds. The van der Waals surface area contributed by atoms with Crippen molar-refractivity contribution in [1.29, 1.82) is 0 Å². The SMILES string of the molecule is CN1C(=O)S/C(=C\c2cc(OCc3ccc4cccnc4c3)c(O)cc2Br)C1=O. The van der Waals surface area contributed by atoms with Crippen molar-refractivity contribution in [2.75, 3.05) is 7.05 Å². The number of carbonyl (C=O) groups excluding carboxylic acids is 2. The lowest BCUT2D eigenvalue weighted by atomic mass is 10.1. The first-order valence-corrected chi connectivity index (χ1v) is 10.2. The largest absolute Gasteiger partial charge is 0.504 e. The number of aromatic hydroxyl groups is 1. The zero-order chi connectivity index (χ0) is 20.5. The lowest BCUT2D eigenvalue weighted by Crippen LogP contribution is -2.22. The van der Waals surface area contributed by atoms with Gasteiger partial charge in [0, 0.05) is 23.1 Å². The van der Waals surface area contributed by atoms with Gasteiger partial charge >= 0.3 is 0 Å². The van der Waals surface area contributed by atoms with Gasteiger partial charge in [0.1, 0.15) is 6.61 Å². The Morgan fingerprint density at radius 3 is 2.83 bits per heavy atom. The first-order valence-electron chi connectivity index (χ1n) is 8.63. The van der Waals surface area contributed by atoms with Gasteiger partial charge in [-0.15, -0.1) is 0 Å². The Hall–Kier alpha value is -2.84. The molecule has 1 N–H and O–H groups in total. The molecule has 0 bridgehead atoms. The van der Waals surface area contributed by atoms with Crippen molar-refractivity contribution in [1.82, 2.24) is 9.88 Å². The van der Waals surface area contributed by atoms with E-state index in [0.717, 1.165) is 33.1 Å². The standard InChI is InChI=1S/C21H15BrN2O4S/c1-24-20(26)19(29-21(24)27)9-14-8-18(17(25)10-15(14)22)28-11-12-4-5-13-3-2-6-23-16(13)7-12/h2-10,25H,11H2,1H3/b19-9-. The van der Waals surface area contributed by atoms with E-state index in [9.17, 15) is 14.7 Å². The third-order valence-corrected chi connectivity index (χ3v) is 6.06. The van der Waals surface area contributed by atoms with Crippen LogP contribution in [0, 0.1) is 0 Å². The molecule has 0 spiro atoms. The Balaban J connectivity index is 1.58. The highest BCUT2D eigenvalue weighted by molar-refractivity contribution is 9.10. The fourth-order valence-electron chi connectivity index (χ4n) is 2.83. The fraction of sp³-hybridized carbons (Fsp3) is 0.0952. The summed E-state index contributed by atoms with van der Waals surface area (Å²) in [4.78, 5) is 29.5. The van der Waals surface area contributed by atoms with Crippen LogP contribution in [-0.2, 0) is 11.4 Å². The summed E-state index contributed by atoms with van der Waals surface area (Å²) in [5.41, 5.74) is 2.40. The highest BCUT2D eigenvalue weighted by Gasteiger charge is 2.32. The number of benzene rings is 2. The Morgan fingerprint density at radius 2 is 2.07 bits per heavy atom. The molecular weight excluding hydrogens is 456 g/mol. The van der Waals surface area contributed by atoms with E-state index in [1.54, 1.807) is 18.3 Å². The lowest BCUT2D eigenvalue weighted by molar-refractivity contribution is -0.121. The first-order chi connectivity index (χ1) is 13.9. The van der Waals surface area contributed by atoms with Gasteiger partial charge in [-0.1, -0.05) is 34.1 Å². The fourth-order valence-corrected chi connectivity index (χ4v) is 4.10. The number of imide groups is 1. The minimum atomic E-state index is -0.355. The second kappa shape index (κ2) is 7.88. The molecule has 0 saturated carbocycles. The molecule has 0 aliphatic carbocycles. The second-order valence-corrected chi connectivity index (χ2v) is 8.25. The van der Waals surface area contributed by atoms with Crippen LogP contribution in [-0.4, -0.2) is 33.2 Å². The predicted molar refractivity (Wildman–Crippen MR) is 116 cm³/mol. The number of hydrogen-bond acceptors (Lipinski definition) is 6. The van der Waals surface area contributed by atoms with Crippen LogP contribution in [0.1, 0.15) is 11.1 Å². The number of halogens is 1. The van der Waals surface area contributed by atoms with Gasteiger partial charge < -0.3 is 9.84 Å². The van der Waals surface area contributed by atoms with E-state index >= 15 is 0 Å². The molecule has 29 heavy (non-hydrogen) atoms. The molecule has 1 aliphatic heterocycles. The monoisotopic (exact) mass is 470 g/mol. The molecule has 1 aliphatic rings. The van der Waals surface area contributed by atoms with Crippen molar-refractivity contribution in [2.24, 2.45) is 0 Å². The molecule has 6 nitrogen and oxygen atoms in total. The van der Waals surface area contributed by atoms with E-state index in [2.05, 4.69) is 20.9 Å². The average molecular weight is 471 g/mol. The number of carbonyl (C=O) groups is 2. The van der Waals surface area contributed by atoms with E-state index in [-0.39, 0.29) is 29.3 Å². The number of pyridine rings is 1. The maximum absolute atomic E-state index is 12.1. The van der Waals surface area contributed by atoms with Crippen molar-refractivity contribution in [3.63, 3.8) is 0 Å². The van der Waals surface area contributed by atoms with Crippen LogP contribution < -0.4 is 4.74 Å². The van der Waals surface area contributed by atoms with Gasteiger partial charge in [0.2, 0.25) is 0 Å². The van der Waals surface area contributed by atoms with Gasteiger partial charge in [-0.25, -0.2) is 0 Å². The molecule has 146 valence electrons. The number of likely N-dealkylation sites (N-methyl/N-ethyl adjacent to an activating group) is 1. The lowest BCUT2D eigenvalue weighted by Gasteiger charge is -2.11. The number of thioether (sulfide) groups is 1. The summed E-state index contributed by atoms with van der Waals surface area (Å²) >= 11 is 4.25. The van der Waals surface area contributed by atoms with Crippen molar-refractivity contribution in [3.05, 3.63) is 69.2 Å². The molecular formula is C21H15BrN2O4S. The highest BCUT2D eigenvalue weighted by Crippen LogP contribution is 2.37. The number of aromatic nitrogens is 1. The molecule has 1 saturated heterocycles. The maximum atomic E-state index is 12.1. The molecule has 1 fully saturated rings. The third-order valence-electron chi connectivity index (χ3n) is 4.42. The number of amides is 2. The van der Waals surface area contributed by atoms with Crippen LogP contribution in [0.25, 0.3) is 17.0 Å². The van der Waals surface area contributed by atoms with Gasteiger partial charge in [0.25, 0.3) is 11.1 Å². The summed E-state index contributed by atoms with van der Waals surface area (Å²) < 4.78 is 6.39. The molecule has 0 radical (unpaired) electrons. The van der Waals surface area contributed by atoms with Crippen LogP contribution in [0.3, 0.4) is 0 Å². The number of phenols is 1. The smallest absolute Gasteiger partial charge is 0.293 e. The number of nitrogens with zero attached hydrogens (tertiary/aromatic N) is 2. The van der Waals surface area contributed by atoms with Crippen molar-refractivity contribution in [3.8, 4) is 11.5 Å². The molecule has 1 aromatic heterocycles. The normalized spacial score (nSPS) is 15.5. The predicted octanol–water partition coefficient (Wildman–Crippen LogP) is 4.95. The molecule has 0 unspecified atom stereocenters. The van der Waals surface area contributed by atoms with Crippen LogP contribution in [0.15, 0.2) is 58.0 Å². The summed E-state index contributed by atoms with van der Waals surface area (Å²) in [5.74, 6) is -0.112. The van der Waals surface area contributed by atoms with Crippen LogP contribution in [0.5, 0.6) is 11.5 Å². The van der Waals surface area contributed by atoms with E-state index in [4.69, 9.17) is 4.74 Å². The minimum Gasteiger partial charge on any atom is -0.504 e. The van der Waals surface area contributed by atoms with Gasteiger partial charge in [-0.2, -0.15) is 0 Å². The van der Waals surface area contributed by atoms with Crippen molar-refractivity contribution >= 4 is 55.8 Å². The number of rotatable bonds is 4. The number of fused-ring (bicyclic) bond motifs is 1. The number of hydrogen-bond donors (Lipinski definition) is 1. The van der Waals surface area contributed by atoms with Crippen molar-refractivity contribution < 1.29 is 19.4 Å². The first kappa shape index (κ1) is 19.5. The Bertz CT molecular complexity index is 1180. The highest BCUT2D eigenvalue weighted by atomic mass is 79.9. The molecule has 4 rings (SSSR count). The van der Waals surface area contributed by atoms with Gasteiger partial charge in [0.05, 0.1) is 10.4 Å². The van der Waals surface area contributed by atoms with Crippen molar-refractivity contribution in [2.45, 2.75) is 6.61 Å². The quantitative estimate of drug-likeness (QED) is 0.543. The molecule has 8 heteroatoms. The minimum absolute atomic E-state index is 0.0310. The molecule has 2 aromatic carbocycles. The van der Waals surface area contributed by atoms with E-state index in [0.29, 0.717) is 14.9 Å². The summed E-state index contributed by atoms with van der Waals surface area (Å²) in [5, 5.41) is 11.0. The summed E-state index contributed by atoms with van der Waals surface area (Å²) in [6.07, 6.45) is 3.34. The van der Waals surface area contributed by atoms with Crippen LogP contribution in [0.4, 0.5) is 4.79 Å². The maximum Gasteiger partial charge on any atom is 0.293 e. The van der Waals surface area contributed by atoms with Crippen LogP contribution >= 0.6 is 27.7 Å². The second-order valence-electron chi connectivity index (χ2n) is 6.40. The van der Waals surface area contributed by atoms with E-state index in [1.807, 2.05) is 30.3 Å². The van der Waals surface area contributed by atoms with Gasteiger partial charge in [0.15, 0.2) is 11.5 Å².